The molecule has 2 N–H and O–H groups in total. The van der Waals surface area contributed by atoms with E-state index in [0.717, 1.165) is 6.26 Å². The molecule has 120 valence electrons. The van der Waals surface area contributed by atoms with Crippen molar-refractivity contribution in [1.29, 1.82) is 0 Å². The van der Waals surface area contributed by atoms with Gasteiger partial charge in [-0.25, -0.2) is 8.42 Å². The molecule has 1 aliphatic heterocycles. The molecule has 22 heavy (non-hydrogen) atoms. The number of nitrogens with two attached hydrogens (primary N) is 1. The van der Waals surface area contributed by atoms with Crippen LogP contribution in [0.3, 0.4) is 0 Å². The number of carbonyl (C=O) groups excluding carboxylic acids is 2. The molecule has 0 bridgehead atoms. The van der Waals surface area contributed by atoms with E-state index in [-0.39, 0.29) is 11.0 Å². The molecule has 0 saturated carbocycles. The minimum Gasteiger partial charge on any atom is -0.489 e. The standard InChI is InChI=1S/C14H18N2O5S/c1-22(19,20)12-5-3-2-4-11(12)21-10-6-8-16(9-7-10)14(18)13(15)17/h2-5,10H,6-9H2,1H3,(H2,15,17). The average molecular weight is 326 g/mol. The van der Waals surface area contributed by atoms with Crippen molar-refractivity contribution in [3.63, 3.8) is 0 Å². The van der Waals surface area contributed by atoms with Crippen molar-refractivity contribution >= 4 is 21.7 Å². The highest BCUT2D eigenvalue weighted by molar-refractivity contribution is 7.90. The minimum absolute atomic E-state index is 0.144. The third kappa shape index (κ3) is 3.76. The summed E-state index contributed by atoms with van der Waals surface area (Å²) in [7, 11) is -3.37. The lowest BCUT2D eigenvalue weighted by atomic mass is 10.1. The maximum atomic E-state index is 11.7. The number of likely N-dealkylation sites (tertiary alicyclic amines) is 1. The molecule has 0 radical (unpaired) electrons. The van der Waals surface area contributed by atoms with Crippen molar-refractivity contribution in [2.75, 3.05) is 19.3 Å². The Balaban J connectivity index is 2.03. The number of sulfone groups is 1. The second-order valence-electron chi connectivity index (χ2n) is 5.19. The van der Waals surface area contributed by atoms with E-state index in [1.54, 1.807) is 18.2 Å². The Hall–Kier alpha value is -2.09. The second kappa shape index (κ2) is 6.35. The van der Waals surface area contributed by atoms with E-state index < -0.39 is 21.7 Å². The lowest BCUT2D eigenvalue weighted by Gasteiger charge is -2.31. The van der Waals surface area contributed by atoms with Crippen molar-refractivity contribution in [1.82, 2.24) is 4.90 Å². The van der Waals surface area contributed by atoms with Crippen LogP contribution in [0.15, 0.2) is 29.2 Å². The Kier molecular flexibility index (Phi) is 4.70. The van der Waals surface area contributed by atoms with E-state index in [1.165, 1.54) is 11.0 Å². The quantitative estimate of drug-likeness (QED) is 0.784. The zero-order valence-electron chi connectivity index (χ0n) is 12.2. The Morgan fingerprint density at radius 1 is 1.23 bits per heavy atom. The van der Waals surface area contributed by atoms with Crippen LogP contribution in [0, 0.1) is 0 Å². The molecule has 0 spiro atoms. The second-order valence-corrected chi connectivity index (χ2v) is 7.18. The summed E-state index contributed by atoms with van der Waals surface area (Å²) >= 11 is 0. The summed E-state index contributed by atoms with van der Waals surface area (Å²) in [6.07, 6.45) is 1.94. The topological polar surface area (TPSA) is 107 Å². The maximum absolute atomic E-state index is 11.7. The first-order chi connectivity index (χ1) is 10.3. The fourth-order valence-corrected chi connectivity index (χ4v) is 3.17. The highest BCUT2D eigenvalue weighted by atomic mass is 32.2. The lowest BCUT2D eigenvalue weighted by molar-refractivity contribution is -0.145. The summed E-state index contributed by atoms with van der Waals surface area (Å²) in [5, 5.41) is 0. The van der Waals surface area contributed by atoms with Gasteiger partial charge in [-0.3, -0.25) is 9.59 Å². The number of nitrogens with zero attached hydrogens (tertiary/aromatic N) is 1. The molecule has 1 heterocycles. The first-order valence-electron chi connectivity index (χ1n) is 6.83. The van der Waals surface area contributed by atoms with Gasteiger partial charge in [0.25, 0.3) is 0 Å². The molecule has 1 aromatic carbocycles. The molecular weight excluding hydrogens is 308 g/mol. The lowest BCUT2D eigenvalue weighted by Crippen LogP contribution is -2.46. The SMILES string of the molecule is CS(=O)(=O)c1ccccc1OC1CCN(C(=O)C(N)=O)CC1. The maximum Gasteiger partial charge on any atom is 0.311 e. The highest BCUT2D eigenvalue weighted by Gasteiger charge is 2.27. The molecule has 0 aliphatic carbocycles. The van der Waals surface area contributed by atoms with E-state index in [0.29, 0.717) is 31.7 Å². The molecule has 2 amide bonds. The number of ether oxygens (including phenoxy) is 1. The molecule has 2 rings (SSSR count). The van der Waals surface area contributed by atoms with Crippen LogP contribution in [0.25, 0.3) is 0 Å². The minimum atomic E-state index is -3.37. The number of amides is 2. The van der Waals surface area contributed by atoms with Gasteiger partial charge in [-0.15, -0.1) is 0 Å². The third-order valence-corrected chi connectivity index (χ3v) is 4.62. The highest BCUT2D eigenvalue weighted by Crippen LogP contribution is 2.26. The van der Waals surface area contributed by atoms with Crippen LogP contribution in [-0.2, 0) is 19.4 Å². The normalized spacial score (nSPS) is 16.3. The number of piperidine rings is 1. The van der Waals surface area contributed by atoms with Crippen LogP contribution in [0.4, 0.5) is 0 Å². The van der Waals surface area contributed by atoms with Crippen molar-refractivity contribution in [3.05, 3.63) is 24.3 Å². The van der Waals surface area contributed by atoms with Crippen LogP contribution >= 0.6 is 0 Å². The molecule has 7 nitrogen and oxygen atoms in total. The van der Waals surface area contributed by atoms with Crippen molar-refractivity contribution in [2.24, 2.45) is 5.73 Å². The first kappa shape index (κ1) is 16.3. The van der Waals surface area contributed by atoms with E-state index in [9.17, 15) is 18.0 Å². The zero-order chi connectivity index (χ0) is 16.3. The predicted octanol–water partition coefficient (Wildman–Crippen LogP) is -0.0548. The summed E-state index contributed by atoms with van der Waals surface area (Å²) in [5.41, 5.74) is 4.96. The summed E-state index contributed by atoms with van der Waals surface area (Å²) in [4.78, 5) is 23.9. The van der Waals surface area contributed by atoms with Crippen LogP contribution in [-0.4, -0.2) is 50.6 Å². The summed E-state index contributed by atoms with van der Waals surface area (Å²) in [6, 6.07) is 6.45. The van der Waals surface area contributed by atoms with Gasteiger partial charge in [-0.05, 0) is 12.1 Å². The van der Waals surface area contributed by atoms with Crippen LogP contribution in [0.1, 0.15) is 12.8 Å². The Morgan fingerprint density at radius 2 is 1.82 bits per heavy atom. The summed E-state index contributed by atoms with van der Waals surface area (Å²) in [5.74, 6) is -1.36. The summed E-state index contributed by atoms with van der Waals surface area (Å²) in [6.45, 7) is 0.709. The fraction of sp³-hybridized carbons (Fsp3) is 0.429. The monoisotopic (exact) mass is 326 g/mol. The van der Waals surface area contributed by atoms with Gasteiger partial charge in [0.15, 0.2) is 9.84 Å². The van der Waals surface area contributed by atoms with Crippen molar-refractivity contribution < 1.29 is 22.7 Å². The van der Waals surface area contributed by atoms with E-state index in [2.05, 4.69) is 0 Å². The van der Waals surface area contributed by atoms with Gasteiger partial charge >= 0.3 is 11.8 Å². The molecule has 0 unspecified atom stereocenters. The summed E-state index contributed by atoms with van der Waals surface area (Å²) < 4.78 is 29.2. The molecule has 1 aromatic rings. The fourth-order valence-electron chi connectivity index (χ4n) is 2.37. The van der Waals surface area contributed by atoms with E-state index in [1.807, 2.05) is 0 Å². The van der Waals surface area contributed by atoms with Crippen molar-refractivity contribution in [2.45, 2.75) is 23.8 Å². The Morgan fingerprint density at radius 3 is 2.36 bits per heavy atom. The smallest absolute Gasteiger partial charge is 0.311 e. The van der Waals surface area contributed by atoms with E-state index >= 15 is 0 Å². The number of carbonyl (C=O) groups is 2. The number of rotatable bonds is 3. The predicted molar refractivity (Wildman–Crippen MR) is 79.0 cm³/mol. The van der Waals surface area contributed by atoms with Gasteiger partial charge in [-0.2, -0.15) is 0 Å². The van der Waals surface area contributed by atoms with Gasteiger partial charge in [0.1, 0.15) is 16.7 Å². The average Bonchev–Trinajstić information content (AvgIpc) is 2.46. The van der Waals surface area contributed by atoms with Crippen molar-refractivity contribution in [3.8, 4) is 5.75 Å². The van der Waals surface area contributed by atoms with Crippen LogP contribution < -0.4 is 10.5 Å². The largest absolute Gasteiger partial charge is 0.489 e. The number of para-hydroxylation sites is 1. The number of primary amides is 1. The van der Waals surface area contributed by atoms with Crippen LogP contribution in [0.5, 0.6) is 5.75 Å². The Bertz CT molecular complexity index is 678. The van der Waals surface area contributed by atoms with E-state index in [4.69, 9.17) is 10.5 Å². The molecule has 0 aromatic heterocycles. The van der Waals surface area contributed by atoms with Gasteiger partial charge in [-0.1, -0.05) is 12.1 Å². The third-order valence-electron chi connectivity index (χ3n) is 3.48. The first-order valence-corrected chi connectivity index (χ1v) is 8.72. The van der Waals surface area contributed by atoms with Crippen LogP contribution in [0.2, 0.25) is 0 Å². The van der Waals surface area contributed by atoms with Gasteiger partial charge in [0.05, 0.1) is 0 Å². The number of benzene rings is 1. The zero-order valence-corrected chi connectivity index (χ0v) is 13.0. The number of hydrogen-bond donors (Lipinski definition) is 1. The molecular formula is C14H18N2O5S. The molecule has 8 heteroatoms. The molecule has 1 fully saturated rings. The number of hydrogen-bond acceptors (Lipinski definition) is 5. The van der Waals surface area contributed by atoms with Gasteiger partial charge in [0.2, 0.25) is 0 Å². The molecule has 1 aliphatic rings. The molecule has 1 saturated heterocycles. The molecule has 0 atom stereocenters. The van der Waals surface area contributed by atoms with Gasteiger partial charge < -0.3 is 15.4 Å². The Labute approximate surface area is 129 Å². The van der Waals surface area contributed by atoms with Gasteiger partial charge in [0, 0.05) is 32.2 Å².